The van der Waals surface area contributed by atoms with Gasteiger partial charge in [-0.1, -0.05) is 12.1 Å². The minimum atomic E-state index is -0.586. The van der Waals surface area contributed by atoms with Crippen molar-refractivity contribution in [1.82, 2.24) is 9.38 Å². The third-order valence-electron chi connectivity index (χ3n) is 4.48. The van der Waals surface area contributed by atoms with Crippen LogP contribution in [0.3, 0.4) is 0 Å². The van der Waals surface area contributed by atoms with E-state index in [-0.39, 0.29) is 17.9 Å². The van der Waals surface area contributed by atoms with E-state index >= 15 is 0 Å². The van der Waals surface area contributed by atoms with Crippen LogP contribution in [0.1, 0.15) is 16.1 Å². The summed E-state index contributed by atoms with van der Waals surface area (Å²) in [5.74, 6) is -0.0426. The fourth-order valence-electron chi connectivity index (χ4n) is 3.02. The maximum absolute atomic E-state index is 12.5. The van der Waals surface area contributed by atoms with Crippen LogP contribution in [0.4, 0.5) is 5.69 Å². The monoisotopic (exact) mass is 406 g/mol. The first-order chi connectivity index (χ1) is 14.0. The van der Waals surface area contributed by atoms with Crippen LogP contribution in [0.5, 0.6) is 5.75 Å². The van der Waals surface area contributed by atoms with Gasteiger partial charge in [0, 0.05) is 22.8 Å². The molecule has 0 aliphatic rings. The number of nitrogens with one attached hydrogen (secondary N) is 1. The van der Waals surface area contributed by atoms with E-state index in [9.17, 15) is 9.59 Å². The first-order valence-corrected chi connectivity index (χ1v) is 9.71. The molecule has 0 aliphatic heterocycles. The van der Waals surface area contributed by atoms with E-state index in [0.717, 1.165) is 27.7 Å². The van der Waals surface area contributed by atoms with Crippen molar-refractivity contribution in [2.45, 2.75) is 6.42 Å². The molecule has 0 aliphatic carbocycles. The number of carbonyl (C=O) groups is 2. The Kier molecular flexibility index (Phi) is 5.01. The lowest BCUT2D eigenvalue weighted by molar-refractivity contribution is -0.115. The van der Waals surface area contributed by atoms with Gasteiger partial charge in [0.25, 0.3) is 5.91 Å². The normalized spacial score (nSPS) is 10.8. The number of nitrogens with zero attached hydrogens (tertiary/aromatic N) is 2. The van der Waals surface area contributed by atoms with Gasteiger partial charge in [0.1, 0.15) is 5.75 Å². The highest BCUT2D eigenvalue weighted by molar-refractivity contribution is 7.15. The van der Waals surface area contributed by atoms with Crippen molar-refractivity contribution in [3.63, 3.8) is 0 Å². The standard InChI is InChI=1S/C21H18N4O3S/c1-28-15-8-6-13(7-9-15)18-11-25-14(12-29-21(25)24-18)10-19(26)23-17-5-3-2-4-16(17)20(22)27/h2-9,11-12H,10H2,1H3,(H2,22,27)(H,23,26). The Morgan fingerprint density at radius 1 is 1.17 bits per heavy atom. The van der Waals surface area contributed by atoms with Crippen LogP contribution in [-0.4, -0.2) is 28.3 Å². The molecule has 4 rings (SSSR count). The first kappa shape index (κ1) is 18.7. The van der Waals surface area contributed by atoms with E-state index < -0.39 is 5.91 Å². The lowest BCUT2D eigenvalue weighted by atomic mass is 10.1. The summed E-state index contributed by atoms with van der Waals surface area (Å²) in [5, 5.41) is 4.67. The van der Waals surface area contributed by atoms with Crippen LogP contribution in [0.15, 0.2) is 60.1 Å². The Labute approximate surface area is 170 Å². The van der Waals surface area contributed by atoms with E-state index in [0.29, 0.717) is 5.69 Å². The summed E-state index contributed by atoms with van der Waals surface area (Å²) < 4.78 is 7.09. The number of thiazole rings is 1. The highest BCUT2D eigenvalue weighted by Gasteiger charge is 2.15. The number of nitrogens with two attached hydrogens (primary N) is 1. The average Bonchev–Trinajstić information content (AvgIpc) is 3.30. The second-order valence-electron chi connectivity index (χ2n) is 6.37. The summed E-state index contributed by atoms with van der Waals surface area (Å²) in [5.41, 5.74) is 8.65. The van der Waals surface area contributed by atoms with E-state index in [1.165, 1.54) is 11.3 Å². The number of primary amides is 1. The minimum absolute atomic E-state index is 0.144. The molecule has 0 atom stereocenters. The number of methoxy groups -OCH3 is 1. The van der Waals surface area contributed by atoms with Gasteiger partial charge in [-0.25, -0.2) is 4.98 Å². The van der Waals surface area contributed by atoms with Gasteiger partial charge in [0.2, 0.25) is 5.91 Å². The fraction of sp³-hybridized carbons (Fsp3) is 0.0952. The van der Waals surface area contributed by atoms with Crippen LogP contribution in [0.25, 0.3) is 16.2 Å². The van der Waals surface area contributed by atoms with Crippen molar-refractivity contribution in [2.24, 2.45) is 5.73 Å². The average molecular weight is 406 g/mol. The quantitative estimate of drug-likeness (QED) is 0.513. The molecule has 2 amide bonds. The maximum atomic E-state index is 12.5. The van der Waals surface area contributed by atoms with Gasteiger partial charge in [0.05, 0.1) is 30.5 Å². The molecule has 0 unspecified atom stereocenters. The fourth-order valence-corrected chi connectivity index (χ4v) is 3.90. The summed E-state index contributed by atoms with van der Waals surface area (Å²) in [6.07, 6.45) is 2.05. The lowest BCUT2D eigenvalue weighted by Crippen LogP contribution is -2.19. The molecule has 146 valence electrons. The molecule has 3 N–H and O–H groups in total. The van der Waals surface area contributed by atoms with Gasteiger partial charge < -0.3 is 15.8 Å². The van der Waals surface area contributed by atoms with E-state index in [2.05, 4.69) is 10.3 Å². The zero-order chi connectivity index (χ0) is 20.4. The Morgan fingerprint density at radius 3 is 2.66 bits per heavy atom. The number of benzene rings is 2. The highest BCUT2D eigenvalue weighted by atomic mass is 32.1. The second kappa shape index (κ2) is 7.76. The molecule has 2 aromatic heterocycles. The predicted octanol–water partition coefficient (Wildman–Crippen LogP) is 3.35. The Bertz CT molecular complexity index is 1190. The number of aromatic nitrogens is 2. The number of imidazole rings is 1. The van der Waals surface area contributed by atoms with Gasteiger partial charge in [-0.05, 0) is 36.4 Å². The molecule has 0 saturated carbocycles. The number of anilines is 1. The topological polar surface area (TPSA) is 98.7 Å². The van der Waals surface area contributed by atoms with Gasteiger partial charge in [-0.3, -0.25) is 14.0 Å². The Balaban J connectivity index is 1.55. The molecule has 0 radical (unpaired) electrons. The smallest absolute Gasteiger partial charge is 0.250 e. The SMILES string of the molecule is COc1ccc(-c2cn3c(CC(=O)Nc4ccccc4C(N)=O)csc3n2)cc1. The minimum Gasteiger partial charge on any atom is -0.497 e. The van der Waals surface area contributed by atoms with Crippen molar-refractivity contribution in [3.05, 3.63) is 71.4 Å². The van der Waals surface area contributed by atoms with Crippen molar-refractivity contribution < 1.29 is 14.3 Å². The lowest BCUT2D eigenvalue weighted by Gasteiger charge is -2.08. The number of hydrogen-bond acceptors (Lipinski definition) is 5. The third kappa shape index (κ3) is 3.83. The highest BCUT2D eigenvalue weighted by Crippen LogP contribution is 2.26. The van der Waals surface area contributed by atoms with Crippen molar-refractivity contribution >= 4 is 33.8 Å². The number of para-hydroxylation sites is 1. The molecule has 0 spiro atoms. The largest absolute Gasteiger partial charge is 0.497 e. The third-order valence-corrected chi connectivity index (χ3v) is 5.37. The van der Waals surface area contributed by atoms with Crippen LogP contribution in [0.2, 0.25) is 0 Å². The van der Waals surface area contributed by atoms with E-state index in [1.807, 2.05) is 40.2 Å². The second-order valence-corrected chi connectivity index (χ2v) is 7.21. The molecule has 4 aromatic rings. The van der Waals surface area contributed by atoms with Crippen molar-refractivity contribution in [1.29, 1.82) is 0 Å². The van der Waals surface area contributed by atoms with Crippen LogP contribution >= 0.6 is 11.3 Å². The molecular formula is C21H18N4O3S. The van der Waals surface area contributed by atoms with Crippen LogP contribution < -0.4 is 15.8 Å². The molecule has 2 heterocycles. The number of carbonyl (C=O) groups excluding carboxylic acids is 2. The molecule has 29 heavy (non-hydrogen) atoms. The molecule has 2 aromatic carbocycles. The van der Waals surface area contributed by atoms with Gasteiger partial charge >= 0.3 is 0 Å². The van der Waals surface area contributed by atoms with Crippen molar-refractivity contribution in [2.75, 3.05) is 12.4 Å². The van der Waals surface area contributed by atoms with E-state index in [1.54, 1.807) is 31.4 Å². The van der Waals surface area contributed by atoms with Gasteiger partial charge in [0.15, 0.2) is 4.96 Å². The summed E-state index contributed by atoms with van der Waals surface area (Å²) in [7, 11) is 1.63. The number of rotatable bonds is 6. The first-order valence-electron chi connectivity index (χ1n) is 8.83. The molecule has 0 fully saturated rings. The number of amides is 2. The van der Waals surface area contributed by atoms with Gasteiger partial charge in [-0.15, -0.1) is 11.3 Å². The van der Waals surface area contributed by atoms with Crippen LogP contribution in [-0.2, 0) is 11.2 Å². The summed E-state index contributed by atoms with van der Waals surface area (Å²) in [6.45, 7) is 0. The summed E-state index contributed by atoms with van der Waals surface area (Å²) >= 11 is 1.47. The van der Waals surface area contributed by atoms with E-state index in [4.69, 9.17) is 10.5 Å². The number of ether oxygens (including phenoxy) is 1. The number of hydrogen-bond donors (Lipinski definition) is 2. The van der Waals surface area contributed by atoms with Gasteiger partial charge in [-0.2, -0.15) is 0 Å². The summed E-state index contributed by atoms with van der Waals surface area (Å²) in [4.78, 5) is 29.5. The zero-order valence-electron chi connectivity index (χ0n) is 15.6. The number of fused-ring (bicyclic) bond motifs is 1. The molecule has 0 bridgehead atoms. The zero-order valence-corrected chi connectivity index (χ0v) is 16.4. The molecule has 8 heteroatoms. The Hall–Kier alpha value is -3.65. The Morgan fingerprint density at radius 2 is 1.93 bits per heavy atom. The molecule has 7 nitrogen and oxygen atoms in total. The summed E-state index contributed by atoms with van der Waals surface area (Å²) in [6, 6.07) is 14.3. The maximum Gasteiger partial charge on any atom is 0.250 e. The molecular weight excluding hydrogens is 388 g/mol. The van der Waals surface area contributed by atoms with Crippen molar-refractivity contribution in [3.8, 4) is 17.0 Å². The predicted molar refractivity (Wildman–Crippen MR) is 112 cm³/mol. The van der Waals surface area contributed by atoms with Crippen LogP contribution in [0, 0.1) is 0 Å². The molecule has 0 saturated heterocycles.